The van der Waals surface area contributed by atoms with Gasteiger partial charge in [-0.1, -0.05) is 38.1 Å². The zero-order chi connectivity index (χ0) is 33.6. The van der Waals surface area contributed by atoms with Crippen molar-refractivity contribution in [2.75, 3.05) is 11.3 Å². The molecule has 3 N–H and O–H groups in total. The normalized spacial score (nSPS) is 16.7. The Hall–Kier alpha value is -4.19. The molecule has 1 heterocycles. The maximum absolute atomic E-state index is 13.9. The maximum atomic E-state index is 13.9. The van der Waals surface area contributed by atoms with E-state index < -0.39 is 16.1 Å². The molecule has 0 spiro atoms. The van der Waals surface area contributed by atoms with Crippen LogP contribution in [0, 0.1) is 19.8 Å². The second-order valence-corrected chi connectivity index (χ2v) is 14.3. The van der Waals surface area contributed by atoms with Gasteiger partial charge in [-0.2, -0.15) is 4.98 Å². The minimum absolute atomic E-state index is 0.0287. The highest BCUT2D eigenvalue weighted by atomic mass is 32.2. The number of nitrogens with zero attached hydrogens (tertiary/aromatic N) is 3. The standard InChI is InChI=1S/C34H45N5O6S/c1-21(2)17-18-39(27-15-13-26(14-16-27)35-34(42)45-22(3)4)32(41)25-11-8-12-28(19-25)46(43,44)38-33-36-29(20-30(40)37-33)31-23(5)9-7-10-24(31)6/h7-12,19-22,26-27H,13-18H2,1-6H3,(H,35,42)(H2,36,37,38,40)/t26-,27+. The molecule has 46 heavy (non-hydrogen) atoms. The second-order valence-electron chi connectivity index (χ2n) is 12.6. The molecule has 12 heteroatoms. The SMILES string of the molecule is Cc1cccc(C)c1-c1cc(O)nc(NS(=O)(=O)c2cccc(C(=O)N(CCC(C)C)[C@H]3CC[C@@H](NC(=O)OC(C)C)CC3)c2)n1. The minimum Gasteiger partial charge on any atom is -0.493 e. The van der Waals surface area contributed by atoms with E-state index in [1.807, 2.05) is 36.9 Å². The van der Waals surface area contributed by atoms with Gasteiger partial charge in [0.1, 0.15) is 0 Å². The molecule has 2 amide bonds. The van der Waals surface area contributed by atoms with Crippen LogP contribution in [0.4, 0.5) is 10.7 Å². The second kappa shape index (κ2) is 14.9. The average Bonchev–Trinajstić information content (AvgIpc) is 2.97. The zero-order valence-corrected chi connectivity index (χ0v) is 28.2. The maximum Gasteiger partial charge on any atom is 0.407 e. The van der Waals surface area contributed by atoms with E-state index in [1.54, 1.807) is 19.9 Å². The number of carbonyl (C=O) groups excluding carboxylic acids is 2. The lowest BCUT2D eigenvalue weighted by Gasteiger charge is -2.37. The van der Waals surface area contributed by atoms with Gasteiger partial charge in [0.25, 0.3) is 15.9 Å². The van der Waals surface area contributed by atoms with Gasteiger partial charge >= 0.3 is 6.09 Å². The van der Waals surface area contributed by atoms with Gasteiger partial charge in [-0.25, -0.2) is 22.9 Å². The molecule has 3 aromatic rings. The molecule has 1 saturated carbocycles. The summed E-state index contributed by atoms with van der Waals surface area (Å²) in [6.45, 7) is 12.1. The molecule has 0 aliphatic heterocycles. The lowest BCUT2D eigenvalue weighted by atomic mass is 9.89. The molecule has 11 nitrogen and oxygen atoms in total. The number of aromatic nitrogens is 2. The first kappa shape index (κ1) is 34.7. The number of amides is 2. The number of benzene rings is 2. The summed E-state index contributed by atoms with van der Waals surface area (Å²) in [6, 6.07) is 12.9. The van der Waals surface area contributed by atoms with Crippen LogP contribution in [0.5, 0.6) is 5.88 Å². The molecule has 1 fully saturated rings. The number of sulfonamides is 1. The Bertz CT molecular complexity index is 1630. The van der Waals surface area contributed by atoms with Gasteiger partial charge in [0.2, 0.25) is 11.8 Å². The Kier molecular flexibility index (Phi) is 11.3. The smallest absolute Gasteiger partial charge is 0.407 e. The number of aryl methyl sites for hydroxylation is 2. The van der Waals surface area contributed by atoms with Crippen molar-refractivity contribution in [3.05, 3.63) is 65.2 Å². The third kappa shape index (κ3) is 8.96. The quantitative estimate of drug-likeness (QED) is 0.222. The summed E-state index contributed by atoms with van der Waals surface area (Å²) in [4.78, 5) is 36.0. The van der Waals surface area contributed by atoms with Crippen LogP contribution >= 0.6 is 0 Å². The Morgan fingerprint density at radius 3 is 2.26 bits per heavy atom. The third-order valence-corrected chi connectivity index (χ3v) is 9.40. The highest BCUT2D eigenvalue weighted by molar-refractivity contribution is 7.92. The summed E-state index contributed by atoms with van der Waals surface area (Å²) in [5.41, 5.74) is 3.24. The van der Waals surface area contributed by atoms with E-state index in [0.717, 1.165) is 23.1 Å². The number of hydrogen-bond donors (Lipinski definition) is 3. The van der Waals surface area contributed by atoms with Crippen LogP contribution in [0.25, 0.3) is 11.3 Å². The van der Waals surface area contributed by atoms with Crippen molar-refractivity contribution in [2.45, 2.75) is 96.7 Å². The number of nitrogens with one attached hydrogen (secondary N) is 2. The number of rotatable bonds is 11. The van der Waals surface area contributed by atoms with E-state index in [1.165, 1.54) is 24.3 Å². The Morgan fingerprint density at radius 2 is 1.63 bits per heavy atom. The topological polar surface area (TPSA) is 151 Å². The Morgan fingerprint density at radius 1 is 0.978 bits per heavy atom. The van der Waals surface area contributed by atoms with Crippen LogP contribution in [0.15, 0.2) is 53.4 Å². The van der Waals surface area contributed by atoms with E-state index in [-0.39, 0.29) is 46.4 Å². The molecule has 1 aliphatic rings. The van der Waals surface area contributed by atoms with E-state index in [2.05, 4.69) is 33.9 Å². The van der Waals surface area contributed by atoms with E-state index in [9.17, 15) is 23.1 Å². The van der Waals surface area contributed by atoms with Crippen molar-refractivity contribution in [1.82, 2.24) is 20.2 Å². The zero-order valence-electron chi connectivity index (χ0n) is 27.4. The molecule has 1 aromatic heterocycles. The van der Waals surface area contributed by atoms with Gasteiger partial charge in [-0.15, -0.1) is 0 Å². The van der Waals surface area contributed by atoms with Gasteiger partial charge in [-0.3, -0.25) is 4.79 Å². The van der Waals surface area contributed by atoms with Gasteiger partial charge in [-0.05, 0) is 95.0 Å². The van der Waals surface area contributed by atoms with Gasteiger partial charge in [0, 0.05) is 35.8 Å². The number of aromatic hydroxyl groups is 1. The Balaban J connectivity index is 1.53. The molecule has 0 unspecified atom stereocenters. The summed E-state index contributed by atoms with van der Waals surface area (Å²) in [5.74, 6) is -0.544. The summed E-state index contributed by atoms with van der Waals surface area (Å²) < 4.78 is 34.6. The molecule has 1 aliphatic carbocycles. The monoisotopic (exact) mass is 651 g/mol. The van der Waals surface area contributed by atoms with Crippen LogP contribution in [0.2, 0.25) is 0 Å². The van der Waals surface area contributed by atoms with Crippen molar-refractivity contribution in [3.63, 3.8) is 0 Å². The van der Waals surface area contributed by atoms with Crippen molar-refractivity contribution in [2.24, 2.45) is 5.92 Å². The first-order valence-electron chi connectivity index (χ1n) is 15.8. The van der Waals surface area contributed by atoms with Crippen molar-refractivity contribution in [3.8, 4) is 17.1 Å². The van der Waals surface area contributed by atoms with E-state index in [4.69, 9.17) is 4.74 Å². The summed E-state index contributed by atoms with van der Waals surface area (Å²) in [6.07, 6.45) is 2.96. The summed E-state index contributed by atoms with van der Waals surface area (Å²) in [7, 11) is -4.22. The van der Waals surface area contributed by atoms with Crippen LogP contribution in [0.1, 0.15) is 81.3 Å². The fraction of sp³-hybridized carbons (Fsp3) is 0.471. The molecule has 0 atom stereocenters. The molecular weight excluding hydrogens is 606 g/mol. The van der Waals surface area contributed by atoms with Crippen LogP contribution in [-0.4, -0.2) is 65.1 Å². The molecule has 0 radical (unpaired) electrons. The molecule has 2 aromatic carbocycles. The number of anilines is 1. The number of carbonyl (C=O) groups is 2. The predicted octanol–water partition coefficient (Wildman–Crippen LogP) is 6.20. The predicted molar refractivity (Wildman–Crippen MR) is 177 cm³/mol. The molecule has 248 valence electrons. The average molecular weight is 652 g/mol. The molecule has 0 bridgehead atoms. The van der Waals surface area contributed by atoms with Gasteiger partial charge < -0.3 is 20.1 Å². The highest BCUT2D eigenvalue weighted by Gasteiger charge is 2.31. The molecule has 4 rings (SSSR count). The summed E-state index contributed by atoms with van der Waals surface area (Å²) >= 11 is 0. The third-order valence-electron chi connectivity index (χ3n) is 8.08. The fourth-order valence-corrected chi connectivity index (χ4v) is 6.75. The highest BCUT2D eigenvalue weighted by Crippen LogP contribution is 2.30. The molecular formula is C34H45N5O6S. The van der Waals surface area contributed by atoms with Crippen molar-refractivity contribution in [1.29, 1.82) is 0 Å². The number of hydrogen-bond acceptors (Lipinski definition) is 8. The number of ether oxygens (including phenoxy) is 1. The Labute approximate surface area is 271 Å². The minimum atomic E-state index is -4.22. The van der Waals surface area contributed by atoms with Gasteiger partial charge in [0.05, 0.1) is 16.7 Å². The molecule has 0 saturated heterocycles. The van der Waals surface area contributed by atoms with Crippen LogP contribution in [-0.2, 0) is 14.8 Å². The van der Waals surface area contributed by atoms with Crippen LogP contribution < -0.4 is 10.0 Å². The lowest BCUT2D eigenvalue weighted by Crippen LogP contribution is -2.47. The van der Waals surface area contributed by atoms with E-state index >= 15 is 0 Å². The first-order chi connectivity index (χ1) is 21.7. The van der Waals surface area contributed by atoms with Crippen LogP contribution in [0.3, 0.4) is 0 Å². The van der Waals surface area contributed by atoms with Gasteiger partial charge in [0.15, 0.2) is 0 Å². The van der Waals surface area contributed by atoms with Crippen molar-refractivity contribution >= 4 is 28.0 Å². The fourth-order valence-electron chi connectivity index (χ4n) is 5.76. The number of alkyl carbamates (subject to hydrolysis) is 1. The lowest BCUT2D eigenvalue weighted by molar-refractivity contribution is 0.0599. The van der Waals surface area contributed by atoms with E-state index in [0.29, 0.717) is 43.8 Å². The largest absolute Gasteiger partial charge is 0.493 e. The van der Waals surface area contributed by atoms with Crippen molar-refractivity contribution < 1.29 is 27.9 Å². The first-order valence-corrected chi connectivity index (χ1v) is 17.3. The summed E-state index contributed by atoms with van der Waals surface area (Å²) in [5, 5.41) is 13.2.